The van der Waals surface area contributed by atoms with Crippen molar-refractivity contribution in [1.29, 1.82) is 0 Å². The van der Waals surface area contributed by atoms with Crippen molar-refractivity contribution in [3.05, 3.63) is 11.6 Å². The number of allylic oxidation sites excluding steroid dienone is 2. The molecule has 0 spiro atoms. The number of Topliss-reactive ketones (excluding diaryl/α,β-unsaturated/α-hetero) is 1. The van der Waals surface area contributed by atoms with Crippen LogP contribution >= 0.6 is 0 Å². The fraction of sp³-hybridized carbons (Fsp3) is 0.667. The van der Waals surface area contributed by atoms with Crippen molar-refractivity contribution in [2.75, 3.05) is 0 Å². The first-order valence-corrected chi connectivity index (χ1v) is 7.03. The van der Waals surface area contributed by atoms with Crippen LogP contribution in [0.3, 0.4) is 0 Å². The van der Waals surface area contributed by atoms with Crippen LogP contribution in [0.25, 0.3) is 0 Å². The minimum absolute atomic E-state index is 0.0269. The lowest BCUT2D eigenvalue weighted by Crippen LogP contribution is -2.24. The van der Waals surface area contributed by atoms with Gasteiger partial charge in [0, 0.05) is 18.8 Å². The SMILES string of the molecule is C[C@H]1C/C(=C\C[C@@H](CC(N)=O)CC(=O)O)C(=O)[C@H](C)C1. The Kier molecular flexibility index (Phi) is 5.92. The van der Waals surface area contributed by atoms with Crippen LogP contribution < -0.4 is 5.73 Å². The van der Waals surface area contributed by atoms with E-state index in [2.05, 4.69) is 6.92 Å². The van der Waals surface area contributed by atoms with E-state index in [1.165, 1.54) is 0 Å². The standard InChI is InChI=1S/C15H23NO4/c1-9-5-10(2)15(20)12(6-9)4-3-11(7-13(16)17)8-14(18)19/h4,9-11H,3,5-8H2,1-2H3,(H2,16,17)(H,18,19)/b12-4+/t9-,10-,11+/m1/s1. The van der Waals surface area contributed by atoms with Gasteiger partial charge in [-0.15, -0.1) is 0 Å². The summed E-state index contributed by atoms with van der Waals surface area (Å²) in [5.41, 5.74) is 5.90. The summed E-state index contributed by atoms with van der Waals surface area (Å²) in [6.45, 7) is 4.03. The Bertz CT molecular complexity index is 412. The van der Waals surface area contributed by atoms with Gasteiger partial charge < -0.3 is 10.8 Å². The minimum Gasteiger partial charge on any atom is -0.481 e. The molecule has 0 unspecified atom stereocenters. The topological polar surface area (TPSA) is 97.5 Å². The highest BCUT2D eigenvalue weighted by Crippen LogP contribution is 2.30. The maximum absolute atomic E-state index is 12.1. The highest BCUT2D eigenvalue weighted by Gasteiger charge is 2.27. The number of rotatable bonds is 6. The van der Waals surface area contributed by atoms with E-state index in [4.69, 9.17) is 10.8 Å². The number of aliphatic carboxylic acids is 1. The number of primary amides is 1. The van der Waals surface area contributed by atoms with Crippen LogP contribution in [0.2, 0.25) is 0 Å². The monoisotopic (exact) mass is 281 g/mol. The Morgan fingerprint density at radius 3 is 2.60 bits per heavy atom. The number of hydrogen-bond acceptors (Lipinski definition) is 3. The zero-order valence-corrected chi connectivity index (χ0v) is 12.1. The molecule has 0 radical (unpaired) electrons. The van der Waals surface area contributed by atoms with Crippen LogP contribution in [0.5, 0.6) is 0 Å². The second-order valence-corrected chi connectivity index (χ2v) is 5.91. The second kappa shape index (κ2) is 7.22. The van der Waals surface area contributed by atoms with E-state index in [9.17, 15) is 14.4 Å². The van der Waals surface area contributed by atoms with Crippen molar-refractivity contribution in [1.82, 2.24) is 0 Å². The molecule has 1 amide bonds. The number of carboxylic acids is 1. The van der Waals surface area contributed by atoms with E-state index in [-0.39, 0.29) is 30.5 Å². The second-order valence-electron chi connectivity index (χ2n) is 5.91. The minimum atomic E-state index is -0.952. The zero-order valence-electron chi connectivity index (χ0n) is 12.1. The highest BCUT2D eigenvalue weighted by atomic mass is 16.4. The van der Waals surface area contributed by atoms with Crippen molar-refractivity contribution in [3.63, 3.8) is 0 Å². The van der Waals surface area contributed by atoms with Gasteiger partial charge in [0.2, 0.25) is 5.91 Å². The van der Waals surface area contributed by atoms with Gasteiger partial charge in [-0.1, -0.05) is 19.9 Å². The molecule has 1 saturated carbocycles. The van der Waals surface area contributed by atoms with Gasteiger partial charge >= 0.3 is 5.97 Å². The number of amides is 1. The Morgan fingerprint density at radius 1 is 1.40 bits per heavy atom. The third-order valence-electron chi connectivity index (χ3n) is 3.74. The molecule has 0 saturated heterocycles. The molecule has 1 rings (SSSR count). The lowest BCUT2D eigenvalue weighted by atomic mass is 9.78. The molecule has 0 heterocycles. The van der Waals surface area contributed by atoms with Gasteiger partial charge in [0.1, 0.15) is 0 Å². The summed E-state index contributed by atoms with van der Waals surface area (Å²) in [5, 5.41) is 8.83. The molecular weight excluding hydrogens is 258 g/mol. The first-order valence-electron chi connectivity index (χ1n) is 7.03. The molecular formula is C15H23NO4. The van der Waals surface area contributed by atoms with E-state index >= 15 is 0 Å². The predicted octanol–water partition coefficient (Wildman–Crippen LogP) is 1.90. The summed E-state index contributed by atoms with van der Waals surface area (Å²) in [5.74, 6) is -1.16. The summed E-state index contributed by atoms with van der Waals surface area (Å²) >= 11 is 0. The van der Waals surface area contributed by atoms with E-state index in [0.29, 0.717) is 12.3 Å². The summed E-state index contributed by atoms with van der Waals surface area (Å²) in [7, 11) is 0. The van der Waals surface area contributed by atoms with Crippen LogP contribution in [0.15, 0.2) is 11.6 Å². The van der Waals surface area contributed by atoms with Crippen LogP contribution in [0.4, 0.5) is 0 Å². The average Bonchev–Trinajstić information content (AvgIpc) is 2.30. The fourth-order valence-electron chi connectivity index (χ4n) is 2.85. The molecule has 5 heteroatoms. The van der Waals surface area contributed by atoms with E-state index in [0.717, 1.165) is 18.4 Å². The first kappa shape index (κ1) is 16.4. The molecule has 0 bridgehead atoms. The van der Waals surface area contributed by atoms with Crippen LogP contribution in [0.1, 0.15) is 46.0 Å². The number of carbonyl (C=O) groups excluding carboxylic acids is 2. The van der Waals surface area contributed by atoms with E-state index < -0.39 is 11.9 Å². The largest absolute Gasteiger partial charge is 0.481 e. The number of carbonyl (C=O) groups is 3. The fourth-order valence-corrected chi connectivity index (χ4v) is 2.85. The average molecular weight is 281 g/mol. The van der Waals surface area contributed by atoms with Crippen LogP contribution in [0, 0.1) is 17.8 Å². The molecule has 112 valence electrons. The zero-order chi connectivity index (χ0) is 15.3. The molecule has 0 aromatic heterocycles. The van der Waals surface area contributed by atoms with Gasteiger partial charge in [0.05, 0.1) is 0 Å². The Morgan fingerprint density at radius 2 is 2.05 bits per heavy atom. The summed E-state index contributed by atoms with van der Waals surface area (Å²) in [6, 6.07) is 0. The molecule has 0 aliphatic heterocycles. The van der Waals surface area contributed by atoms with Crippen molar-refractivity contribution in [2.45, 2.75) is 46.0 Å². The van der Waals surface area contributed by atoms with Gasteiger partial charge in [-0.2, -0.15) is 0 Å². The molecule has 1 aliphatic carbocycles. The number of hydrogen-bond donors (Lipinski definition) is 2. The van der Waals surface area contributed by atoms with E-state index in [1.54, 1.807) is 0 Å². The van der Waals surface area contributed by atoms with Crippen molar-refractivity contribution in [2.24, 2.45) is 23.5 Å². The molecule has 3 N–H and O–H groups in total. The summed E-state index contributed by atoms with van der Waals surface area (Å²) in [4.78, 5) is 33.8. The van der Waals surface area contributed by atoms with Crippen LogP contribution in [-0.4, -0.2) is 22.8 Å². The van der Waals surface area contributed by atoms with Gasteiger partial charge in [0.25, 0.3) is 0 Å². The van der Waals surface area contributed by atoms with Crippen LogP contribution in [-0.2, 0) is 14.4 Å². The number of carboxylic acid groups (broad SMARTS) is 1. The normalized spacial score (nSPS) is 26.5. The third kappa shape index (κ3) is 5.15. The molecule has 1 aliphatic rings. The predicted molar refractivity (Wildman–Crippen MR) is 74.8 cm³/mol. The van der Waals surface area contributed by atoms with Gasteiger partial charge in [-0.25, -0.2) is 0 Å². The van der Waals surface area contributed by atoms with Gasteiger partial charge in [-0.05, 0) is 36.7 Å². The summed E-state index contributed by atoms with van der Waals surface area (Å²) < 4.78 is 0. The third-order valence-corrected chi connectivity index (χ3v) is 3.74. The first-order chi connectivity index (χ1) is 9.29. The quantitative estimate of drug-likeness (QED) is 0.726. The smallest absolute Gasteiger partial charge is 0.303 e. The molecule has 0 aromatic carbocycles. The number of ketones is 1. The Hall–Kier alpha value is -1.65. The molecule has 20 heavy (non-hydrogen) atoms. The van der Waals surface area contributed by atoms with E-state index in [1.807, 2.05) is 13.0 Å². The van der Waals surface area contributed by atoms with Gasteiger partial charge in [0.15, 0.2) is 5.78 Å². The Balaban J connectivity index is 2.72. The lowest BCUT2D eigenvalue weighted by Gasteiger charge is -2.25. The van der Waals surface area contributed by atoms with Gasteiger partial charge in [-0.3, -0.25) is 14.4 Å². The molecule has 1 fully saturated rings. The maximum atomic E-state index is 12.1. The van der Waals surface area contributed by atoms with Crippen molar-refractivity contribution < 1.29 is 19.5 Å². The lowest BCUT2D eigenvalue weighted by molar-refractivity contribution is -0.138. The van der Waals surface area contributed by atoms with Crippen molar-refractivity contribution >= 4 is 17.7 Å². The number of nitrogens with two attached hydrogens (primary N) is 1. The highest BCUT2D eigenvalue weighted by molar-refractivity contribution is 5.97. The Labute approximate surface area is 119 Å². The summed E-state index contributed by atoms with van der Waals surface area (Å²) in [6.07, 6.45) is 3.79. The molecule has 0 aromatic rings. The molecule has 5 nitrogen and oxygen atoms in total. The molecule has 3 atom stereocenters. The maximum Gasteiger partial charge on any atom is 0.303 e. The van der Waals surface area contributed by atoms with Crippen molar-refractivity contribution in [3.8, 4) is 0 Å².